The van der Waals surface area contributed by atoms with Gasteiger partial charge in [-0.25, -0.2) is 4.99 Å². The number of nitrogens with zero attached hydrogens (tertiary/aromatic N) is 1. The molecule has 1 unspecified atom stereocenters. The predicted octanol–water partition coefficient (Wildman–Crippen LogP) is 4.48. The molecule has 0 spiro atoms. The molecule has 1 aliphatic heterocycles. The largest absolute Gasteiger partial charge is 0.478 e. The molecule has 1 atom stereocenters. The van der Waals surface area contributed by atoms with Crippen LogP contribution in [0.3, 0.4) is 0 Å². The van der Waals surface area contributed by atoms with Crippen molar-refractivity contribution in [1.29, 1.82) is 0 Å². The highest BCUT2D eigenvalue weighted by atomic mass is 16.5. The number of nitrogens with one attached hydrogen (secondary N) is 1. The zero-order chi connectivity index (χ0) is 21.8. The van der Waals surface area contributed by atoms with E-state index in [2.05, 4.69) is 5.32 Å². The molecule has 3 aliphatic rings. The molecule has 1 N–H and O–H groups in total. The van der Waals surface area contributed by atoms with Gasteiger partial charge in [-0.1, -0.05) is 36.4 Å². The number of furan rings is 1. The highest BCUT2D eigenvalue weighted by Crippen LogP contribution is 2.42. The van der Waals surface area contributed by atoms with Gasteiger partial charge < -0.3 is 14.5 Å². The number of ether oxygens (including phenoxy) is 1. The lowest BCUT2D eigenvalue weighted by Gasteiger charge is -2.33. The Bertz CT molecular complexity index is 1390. The van der Waals surface area contributed by atoms with Crippen LogP contribution >= 0.6 is 0 Å². The minimum absolute atomic E-state index is 0.204. The van der Waals surface area contributed by atoms with Crippen LogP contribution in [0.2, 0.25) is 0 Å². The predicted molar refractivity (Wildman–Crippen MR) is 118 cm³/mol. The molecular formula is C26H18N2O4. The number of rotatable bonds is 3. The van der Waals surface area contributed by atoms with Crippen LogP contribution in [0.1, 0.15) is 32.0 Å². The molecule has 0 amide bonds. The van der Waals surface area contributed by atoms with Crippen LogP contribution in [-0.2, 0) is 6.54 Å². The van der Waals surface area contributed by atoms with E-state index in [1.54, 1.807) is 36.6 Å². The fourth-order valence-electron chi connectivity index (χ4n) is 4.41. The van der Waals surface area contributed by atoms with Crippen LogP contribution in [0.5, 0.6) is 5.75 Å². The number of allylic oxidation sites excluding steroid dienone is 1. The van der Waals surface area contributed by atoms with Gasteiger partial charge in [0.2, 0.25) is 0 Å². The molecule has 2 aromatic carbocycles. The number of fused-ring (bicyclic) bond motifs is 4. The highest BCUT2D eigenvalue weighted by molar-refractivity contribution is 6.40. The van der Waals surface area contributed by atoms with Gasteiger partial charge >= 0.3 is 0 Å². The van der Waals surface area contributed by atoms with Crippen molar-refractivity contribution in [3.05, 3.63) is 106 Å². The minimum Gasteiger partial charge on any atom is -0.478 e. The number of Topliss-reactive ketones (excluding diaryl/α,β-unsaturated/α-hetero) is 2. The summed E-state index contributed by atoms with van der Waals surface area (Å²) in [7, 11) is 0. The Morgan fingerprint density at radius 3 is 2.47 bits per heavy atom. The summed E-state index contributed by atoms with van der Waals surface area (Å²) in [5, 5.41) is 3.27. The molecule has 0 radical (unpaired) electrons. The summed E-state index contributed by atoms with van der Waals surface area (Å²) in [5.74, 6) is 0.947. The Balaban J connectivity index is 1.53. The Kier molecular flexibility index (Phi) is 4.01. The molecular weight excluding hydrogens is 404 g/mol. The van der Waals surface area contributed by atoms with E-state index in [0.717, 1.165) is 5.56 Å². The van der Waals surface area contributed by atoms with Crippen molar-refractivity contribution >= 4 is 23.0 Å². The number of carbonyl (C=O) groups excluding carboxylic acids is 2. The zero-order valence-corrected chi connectivity index (χ0v) is 17.2. The summed E-state index contributed by atoms with van der Waals surface area (Å²) in [5.41, 5.74) is 4.06. The lowest BCUT2D eigenvalue weighted by molar-refractivity contribution is 0.0978. The standard InChI is InChI=1S/C26H18N2O4/c1-14-6-4-10-19-23(14)28-24-20(32-19)12-18(27-13-15-7-5-11-31-15)21-22(24)26(30)17-9-3-2-8-16(17)25(21)29/h2-12,20,27H,13H2,1H3. The number of aryl methyl sites for hydroxylation is 1. The number of aliphatic imine (C=N–C) groups is 1. The Labute approximate surface area is 183 Å². The quantitative estimate of drug-likeness (QED) is 0.673. The minimum atomic E-state index is -0.579. The zero-order valence-electron chi connectivity index (χ0n) is 17.2. The van der Waals surface area contributed by atoms with E-state index in [1.807, 2.05) is 37.3 Å². The Hall–Kier alpha value is -4.19. The number of hydrogen-bond acceptors (Lipinski definition) is 6. The molecule has 156 valence electrons. The van der Waals surface area contributed by atoms with Crippen molar-refractivity contribution in [1.82, 2.24) is 5.32 Å². The summed E-state index contributed by atoms with van der Waals surface area (Å²) in [6.45, 7) is 2.31. The van der Waals surface area contributed by atoms with Crippen LogP contribution in [0, 0.1) is 6.92 Å². The van der Waals surface area contributed by atoms with Crippen molar-refractivity contribution in [2.24, 2.45) is 4.99 Å². The average Bonchev–Trinajstić information content (AvgIpc) is 3.33. The van der Waals surface area contributed by atoms with Crippen LogP contribution < -0.4 is 10.1 Å². The number of ketones is 2. The van der Waals surface area contributed by atoms with E-state index in [9.17, 15) is 9.59 Å². The van der Waals surface area contributed by atoms with Crippen molar-refractivity contribution < 1.29 is 18.7 Å². The molecule has 32 heavy (non-hydrogen) atoms. The maximum atomic E-state index is 13.6. The summed E-state index contributed by atoms with van der Waals surface area (Å²) >= 11 is 0. The van der Waals surface area contributed by atoms with E-state index < -0.39 is 6.10 Å². The first-order valence-electron chi connectivity index (χ1n) is 10.4. The summed E-state index contributed by atoms with van der Waals surface area (Å²) < 4.78 is 11.7. The number of para-hydroxylation sites is 1. The smallest absolute Gasteiger partial charge is 0.196 e. The van der Waals surface area contributed by atoms with E-state index >= 15 is 0 Å². The molecule has 6 heteroatoms. The van der Waals surface area contributed by atoms with E-state index in [-0.39, 0.29) is 11.6 Å². The molecule has 2 aliphatic carbocycles. The lowest BCUT2D eigenvalue weighted by atomic mass is 9.76. The third-order valence-electron chi connectivity index (χ3n) is 5.95. The molecule has 0 saturated heterocycles. The van der Waals surface area contributed by atoms with Gasteiger partial charge in [0.15, 0.2) is 17.7 Å². The van der Waals surface area contributed by atoms with Gasteiger partial charge in [0, 0.05) is 16.8 Å². The van der Waals surface area contributed by atoms with Crippen LogP contribution in [0.25, 0.3) is 0 Å². The topological polar surface area (TPSA) is 80.9 Å². The summed E-state index contributed by atoms with van der Waals surface area (Å²) in [6.07, 6.45) is 2.84. The molecule has 1 aromatic heterocycles. The fourth-order valence-corrected chi connectivity index (χ4v) is 4.41. The monoisotopic (exact) mass is 422 g/mol. The van der Waals surface area contributed by atoms with Crippen LogP contribution in [0.15, 0.2) is 93.2 Å². The normalized spacial score (nSPS) is 18.6. The van der Waals surface area contributed by atoms with Crippen LogP contribution in [-0.4, -0.2) is 23.4 Å². The summed E-state index contributed by atoms with van der Waals surface area (Å²) in [6, 6.07) is 16.3. The lowest BCUT2D eigenvalue weighted by Crippen LogP contribution is -2.41. The van der Waals surface area contributed by atoms with Crippen molar-refractivity contribution in [2.45, 2.75) is 19.6 Å². The molecule has 2 heterocycles. The second-order valence-corrected chi connectivity index (χ2v) is 7.92. The number of carbonyl (C=O) groups is 2. The molecule has 6 nitrogen and oxygen atoms in total. The Morgan fingerprint density at radius 1 is 0.938 bits per heavy atom. The third-order valence-corrected chi connectivity index (χ3v) is 5.95. The van der Waals surface area contributed by atoms with Gasteiger partial charge in [-0.15, -0.1) is 0 Å². The number of hydrogen-bond donors (Lipinski definition) is 1. The van der Waals surface area contributed by atoms with E-state index in [4.69, 9.17) is 14.1 Å². The number of benzene rings is 2. The SMILES string of the molecule is Cc1cccc2c1N=C1C3=C(C(=O)c4ccccc4C3=O)C(NCc3ccco3)=CC1O2. The molecule has 0 saturated carbocycles. The van der Waals surface area contributed by atoms with Gasteiger partial charge in [-0.2, -0.15) is 0 Å². The van der Waals surface area contributed by atoms with Crippen molar-refractivity contribution in [3.63, 3.8) is 0 Å². The fraction of sp³-hybridized carbons (Fsp3) is 0.115. The molecule has 0 fully saturated rings. The van der Waals surface area contributed by atoms with Gasteiger partial charge in [0.25, 0.3) is 0 Å². The maximum absolute atomic E-state index is 13.6. The van der Waals surface area contributed by atoms with Gasteiger partial charge in [0.05, 0.1) is 29.7 Å². The van der Waals surface area contributed by atoms with E-state index in [1.165, 1.54) is 0 Å². The van der Waals surface area contributed by atoms with Crippen molar-refractivity contribution in [2.75, 3.05) is 0 Å². The van der Waals surface area contributed by atoms with Gasteiger partial charge in [-0.05, 0) is 36.8 Å². The molecule has 6 rings (SSSR count). The van der Waals surface area contributed by atoms with Gasteiger partial charge in [-0.3, -0.25) is 9.59 Å². The Morgan fingerprint density at radius 2 is 1.72 bits per heavy atom. The average molecular weight is 422 g/mol. The molecule has 3 aromatic rings. The summed E-state index contributed by atoms with van der Waals surface area (Å²) in [4.78, 5) is 32.0. The second-order valence-electron chi connectivity index (χ2n) is 7.92. The van der Waals surface area contributed by atoms with Crippen LogP contribution in [0.4, 0.5) is 5.69 Å². The highest BCUT2D eigenvalue weighted by Gasteiger charge is 2.43. The maximum Gasteiger partial charge on any atom is 0.196 e. The van der Waals surface area contributed by atoms with E-state index in [0.29, 0.717) is 57.4 Å². The first-order chi connectivity index (χ1) is 15.6. The first-order valence-corrected chi connectivity index (χ1v) is 10.4. The molecule has 0 bridgehead atoms. The second kappa shape index (κ2) is 6.92. The third kappa shape index (κ3) is 2.69. The van der Waals surface area contributed by atoms with Gasteiger partial charge in [0.1, 0.15) is 17.2 Å². The van der Waals surface area contributed by atoms with Crippen molar-refractivity contribution in [3.8, 4) is 5.75 Å². The first kappa shape index (κ1) is 18.6.